The fraction of sp³-hybridized carbons (Fsp3) is 0. The molecule has 0 spiro atoms. The van der Waals surface area contributed by atoms with E-state index < -0.39 is 0 Å². The number of hydrogen-bond donors (Lipinski definition) is 0. The summed E-state index contributed by atoms with van der Waals surface area (Å²) in [5.41, 5.74) is 15.2. The summed E-state index contributed by atoms with van der Waals surface area (Å²) < 4.78 is 4.80. The molecule has 4 nitrogen and oxygen atoms in total. The summed E-state index contributed by atoms with van der Waals surface area (Å²) in [7, 11) is 0. The van der Waals surface area contributed by atoms with Gasteiger partial charge in [-0.3, -0.25) is 0 Å². The van der Waals surface area contributed by atoms with E-state index in [2.05, 4.69) is 267 Å². The Morgan fingerprint density at radius 2 is 0.409 bits per heavy atom. The van der Waals surface area contributed by atoms with Crippen molar-refractivity contribution in [1.82, 2.24) is 19.9 Å². The number of thiophene rings is 4. The Balaban J connectivity index is 0.00000597. The first-order valence-corrected chi connectivity index (χ1v) is 34.2. The van der Waals surface area contributed by atoms with Gasteiger partial charge in [0.25, 0.3) is 0 Å². The molecule has 9 heteroatoms. The minimum absolute atomic E-state index is 0. The fourth-order valence-corrected chi connectivity index (χ4v) is 19.2. The van der Waals surface area contributed by atoms with E-state index in [0.717, 1.165) is 173 Å². The molecule has 3 aliphatic rings. The topological polar surface area (TPSA) is 54.0 Å². The first-order valence-electron chi connectivity index (χ1n) is 31.0. The van der Waals surface area contributed by atoms with Gasteiger partial charge in [-0.2, -0.15) is 0 Å². The maximum atomic E-state index is 6.34. The summed E-state index contributed by atoms with van der Waals surface area (Å²) in [6.07, 6.45) is 0. The van der Waals surface area contributed by atoms with Gasteiger partial charge in [-0.25, -0.2) is 9.97 Å². The van der Waals surface area contributed by atoms with Crippen molar-refractivity contribution >= 4 is 172 Å². The Kier molecular flexibility index (Phi) is 11.8. The van der Waals surface area contributed by atoms with Gasteiger partial charge in [0.2, 0.25) is 0 Å². The van der Waals surface area contributed by atoms with Crippen LogP contribution in [0.15, 0.2) is 267 Å². The minimum Gasteiger partial charge on any atom is -0.656 e. The van der Waals surface area contributed by atoms with Crippen LogP contribution < -0.4 is 9.97 Å². The van der Waals surface area contributed by atoms with Gasteiger partial charge in [-0.15, -0.1) is 67.4 Å². The largest absolute Gasteiger partial charge is 2.00 e. The third-order valence-corrected chi connectivity index (χ3v) is 23.6. The molecule has 93 heavy (non-hydrogen) atoms. The number of fused-ring (bicyclic) bond motifs is 8. The van der Waals surface area contributed by atoms with Crippen molar-refractivity contribution in [2.45, 2.75) is 0 Å². The molecular formula is C84H44N4PtS4. The molecule has 0 unspecified atom stereocenters. The zero-order valence-corrected chi connectivity index (χ0v) is 54.7. The van der Waals surface area contributed by atoms with Crippen LogP contribution in [0.1, 0.15) is 0 Å². The maximum Gasteiger partial charge on any atom is 2.00 e. The van der Waals surface area contributed by atoms with E-state index in [-0.39, 0.29) is 21.1 Å². The molecule has 18 aromatic rings. The minimum atomic E-state index is 0. The Bertz CT molecular complexity index is 5750. The van der Waals surface area contributed by atoms with Gasteiger partial charge in [0, 0.05) is 82.8 Å². The van der Waals surface area contributed by atoms with Crippen molar-refractivity contribution in [1.29, 1.82) is 0 Å². The Hall–Kier alpha value is -10.2. The van der Waals surface area contributed by atoms with E-state index >= 15 is 0 Å². The van der Waals surface area contributed by atoms with E-state index in [1.807, 2.05) is 45.3 Å². The standard InChI is InChI=1S/C84H44N4S4.Pt/c1-2-18-46-34-58-57(33-45(46)17-1)77-73(69-41-53-25-9-13-29-65(53)89-69)79-59-35-47-19-3-4-20-48(47)36-60(59)81(86-79)75(71-43-55-27-11-15-31-67(55)91-71)83-63-39-51-23-7-8-24-52(51)40-64(63)84(88-83)76(72-44-56-28-12-16-32-68(56)92-72)82-62-38-50-22-6-5-21-49(50)37-61(62)80(87-82)74(78(58)85-77)70-42-54-26-10-14-30-66(54)90-70;/h1-44H;/q-2;+2. The molecule has 434 valence electrons. The van der Waals surface area contributed by atoms with E-state index in [4.69, 9.17) is 19.9 Å². The van der Waals surface area contributed by atoms with Crippen molar-refractivity contribution in [3.63, 3.8) is 0 Å². The second-order valence-corrected chi connectivity index (χ2v) is 28.6. The monoisotopic (exact) mass is 1430 g/mol. The molecule has 21 rings (SSSR count). The van der Waals surface area contributed by atoms with E-state index in [1.165, 1.54) is 40.3 Å². The SMILES string of the molecule is [Pt+2].c1ccc2cc3c(cc2c1)-c1nc-3c(-c2cc3ccccc3s2)c2[n-]c(c(-c3cc4ccccc4s3)c3nc(c(-c4cc5ccccc5s4)c4[n-]c(c1-c1cc5ccccc5s1)c1cc5ccccc5cc41)-c1cc4ccccc4cc1-3)c1cc3ccccc3cc21. The van der Waals surface area contributed by atoms with Gasteiger partial charge in [-0.1, -0.05) is 170 Å². The Morgan fingerprint density at radius 1 is 0.215 bits per heavy atom. The van der Waals surface area contributed by atoms with Crippen LogP contribution in [0.4, 0.5) is 0 Å². The molecule has 0 fully saturated rings. The van der Waals surface area contributed by atoms with Gasteiger partial charge in [-0.05, 0) is 183 Å². The summed E-state index contributed by atoms with van der Waals surface area (Å²) in [5, 5.41) is 18.1. The normalized spacial score (nSPS) is 12.2. The van der Waals surface area contributed by atoms with Gasteiger partial charge in [0.05, 0.1) is 22.8 Å². The third kappa shape index (κ3) is 8.10. The molecular weight excluding hydrogens is 1390 g/mol. The average Bonchev–Trinajstić information content (AvgIpc) is 1.56. The van der Waals surface area contributed by atoms with Crippen LogP contribution in [-0.4, -0.2) is 9.97 Å². The molecule has 6 aromatic heterocycles. The Morgan fingerprint density at radius 3 is 0.624 bits per heavy atom. The molecule has 0 radical (unpaired) electrons. The van der Waals surface area contributed by atoms with Crippen LogP contribution in [0.5, 0.6) is 0 Å². The zero-order valence-electron chi connectivity index (χ0n) is 49.1. The molecule has 0 N–H and O–H groups in total. The summed E-state index contributed by atoms with van der Waals surface area (Å²) in [4.78, 5) is 29.7. The van der Waals surface area contributed by atoms with Crippen LogP contribution in [0.3, 0.4) is 0 Å². The van der Waals surface area contributed by atoms with Gasteiger partial charge in [0.15, 0.2) is 0 Å². The van der Waals surface area contributed by atoms with Crippen molar-refractivity contribution in [2.75, 3.05) is 0 Å². The fourth-order valence-electron chi connectivity index (χ4n) is 14.8. The molecule has 0 atom stereocenters. The number of hydrogen-bond acceptors (Lipinski definition) is 6. The van der Waals surface area contributed by atoms with Crippen LogP contribution in [0.2, 0.25) is 0 Å². The van der Waals surface area contributed by atoms with Crippen LogP contribution in [0.25, 0.3) is 214 Å². The van der Waals surface area contributed by atoms with Crippen molar-refractivity contribution in [3.8, 4) is 86.8 Å². The second kappa shape index (κ2) is 20.4. The van der Waals surface area contributed by atoms with Crippen LogP contribution in [-0.2, 0) is 21.1 Å². The number of nitrogens with zero attached hydrogens (tertiary/aromatic N) is 4. The first-order chi connectivity index (χ1) is 45.5. The molecule has 12 aromatic carbocycles. The third-order valence-electron chi connectivity index (χ3n) is 19.1. The number of benzene rings is 12. The number of rotatable bonds is 4. The predicted octanol–water partition coefficient (Wildman–Crippen LogP) is 24.7. The maximum absolute atomic E-state index is 6.34. The quantitative estimate of drug-likeness (QED) is 0.176. The van der Waals surface area contributed by atoms with Crippen LogP contribution >= 0.6 is 45.3 Å². The summed E-state index contributed by atoms with van der Waals surface area (Å²) in [6, 6.07) is 98.9. The molecule has 8 bridgehead atoms. The first kappa shape index (κ1) is 53.5. The summed E-state index contributed by atoms with van der Waals surface area (Å²) >= 11 is 7.24. The summed E-state index contributed by atoms with van der Waals surface area (Å²) in [6.45, 7) is 0. The second-order valence-electron chi connectivity index (χ2n) is 24.3. The van der Waals surface area contributed by atoms with Crippen molar-refractivity contribution < 1.29 is 21.1 Å². The van der Waals surface area contributed by atoms with Crippen molar-refractivity contribution in [2.24, 2.45) is 0 Å². The smallest absolute Gasteiger partial charge is 0.656 e. The number of aromatic nitrogens is 4. The van der Waals surface area contributed by atoms with E-state index in [1.54, 1.807) is 0 Å². The molecule has 0 saturated carbocycles. The van der Waals surface area contributed by atoms with E-state index in [0.29, 0.717) is 0 Å². The van der Waals surface area contributed by atoms with Crippen LogP contribution in [0, 0.1) is 0 Å². The van der Waals surface area contributed by atoms with Crippen molar-refractivity contribution in [3.05, 3.63) is 267 Å². The molecule has 2 aliphatic heterocycles. The molecule has 0 saturated heterocycles. The Labute approximate surface area is 562 Å². The zero-order chi connectivity index (χ0) is 59.9. The predicted molar refractivity (Wildman–Crippen MR) is 396 cm³/mol. The van der Waals surface area contributed by atoms with Gasteiger partial charge >= 0.3 is 21.1 Å². The molecule has 1 aliphatic carbocycles. The van der Waals surface area contributed by atoms with Gasteiger partial charge < -0.3 is 9.97 Å². The van der Waals surface area contributed by atoms with E-state index in [9.17, 15) is 0 Å². The summed E-state index contributed by atoms with van der Waals surface area (Å²) in [5.74, 6) is 0. The molecule has 8 heterocycles. The molecule has 0 amide bonds. The van der Waals surface area contributed by atoms with Gasteiger partial charge in [0.1, 0.15) is 0 Å². The average molecular weight is 1430 g/mol.